The van der Waals surface area contributed by atoms with Crippen LogP contribution in [0, 0.1) is 23.5 Å². The van der Waals surface area contributed by atoms with E-state index in [0.717, 1.165) is 66.2 Å². The second-order valence-corrected chi connectivity index (χ2v) is 17.1. The highest BCUT2D eigenvalue weighted by Crippen LogP contribution is 2.20. The Morgan fingerprint density at radius 1 is 0.677 bits per heavy atom. The average molecular weight is 855 g/mol. The van der Waals surface area contributed by atoms with Crippen molar-refractivity contribution in [2.45, 2.75) is 91.6 Å². The van der Waals surface area contributed by atoms with Gasteiger partial charge in [-0.15, -0.1) is 0 Å². The summed E-state index contributed by atoms with van der Waals surface area (Å²) in [6.45, 7) is 16.3. The number of ether oxygens (including phenoxy) is 2. The molecule has 4 aromatic rings. The number of isocyanates is 1. The standard InChI is InChI=1S/C25H34FN3O2.C13H19FN2.C12H15NO2/c1-19(2)18-31-24-10-6-20(7-11-24)16-27-25(30)29(23-12-14-28(3)15-13-23)17-21-4-8-22(26)9-5-21;1-16-8-6-13(7-9-16)15-10-11-2-4-12(14)5-3-11;1-10(2)8-15-12-5-3-11(4-6-12)7-13-9-14/h4-11,19,23H,12-18H2,1-3H3,(H,27,30);2-5,13,15H,6-10H2,1H3;3-6,10H,7-8H2,1-2H3. The maximum Gasteiger partial charge on any atom is 0.318 e. The smallest absolute Gasteiger partial charge is 0.318 e. The number of amides is 2. The van der Waals surface area contributed by atoms with Crippen LogP contribution in [0.15, 0.2) is 102 Å². The molecular formula is C50H68F2N6O4. The second kappa shape index (κ2) is 27.0. The third-order valence-electron chi connectivity index (χ3n) is 10.7. The van der Waals surface area contributed by atoms with Crippen molar-refractivity contribution in [3.05, 3.63) is 131 Å². The van der Waals surface area contributed by atoms with Gasteiger partial charge in [-0.2, -0.15) is 0 Å². The Hall–Kier alpha value is -5.13. The number of likely N-dealkylation sites (tertiary alicyclic amines) is 2. The number of benzene rings is 4. The zero-order valence-electron chi connectivity index (χ0n) is 37.6. The fourth-order valence-corrected chi connectivity index (χ4v) is 6.86. The number of nitrogens with one attached hydrogen (secondary N) is 2. The minimum absolute atomic E-state index is 0.0842. The number of carbonyl (C=O) groups excluding carboxylic acids is 2. The second-order valence-electron chi connectivity index (χ2n) is 17.1. The normalized spacial score (nSPS) is 14.8. The van der Waals surface area contributed by atoms with Crippen molar-refractivity contribution in [3.8, 4) is 11.5 Å². The number of aliphatic imine (C=N–C) groups is 1. The van der Waals surface area contributed by atoms with E-state index in [1.54, 1.807) is 12.1 Å². The fraction of sp³-hybridized carbons (Fsp3) is 0.480. The predicted octanol–water partition coefficient (Wildman–Crippen LogP) is 9.23. The van der Waals surface area contributed by atoms with Crippen LogP contribution in [0.2, 0.25) is 0 Å². The minimum atomic E-state index is -0.264. The van der Waals surface area contributed by atoms with Crippen molar-refractivity contribution in [2.75, 3.05) is 53.5 Å². The van der Waals surface area contributed by atoms with E-state index >= 15 is 0 Å². The minimum Gasteiger partial charge on any atom is -0.493 e. The van der Waals surface area contributed by atoms with Crippen molar-refractivity contribution in [3.63, 3.8) is 0 Å². The van der Waals surface area contributed by atoms with E-state index in [0.29, 0.717) is 50.7 Å². The third kappa shape index (κ3) is 19.3. The summed E-state index contributed by atoms with van der Waals surface area (Å²) in [4.78, 5) is 33.1. The maximum absolute atomic E-state index is 13.3. The number of urea groups is 1. The molecular weight excluding hydrogens is 787 g/mol. The van der Waals surface area contributed by atoms with Crippen molar-refractivity contribution in [1.29, 1.82) is 0 Å². The molecule has 2 amide bonds. The summed E-state index contributed by atoms with van der Waals surface area (Å²) in [6.07, 6.45) is 5.80. The molecule has 2 heterocycles. The van der Waals surface area contributed by atoms with Gasteiger partial charge in [-0.25, -0.2) is 23.4 Å². The molecule has 336 valence electrons. The molecule has 2 aliphatic rings. The van der Waals surface area contributed by atoms with Crippen molar-refractivity contribution < 1.29 is 27.8 Å². The maximum atomic E-state index is 13.3. The van der Waals surface area contributed by atoms with Crippen LogP contribution < -0.4 is 20.1 Å². The van der Waals surface area contributed by atoms with Gasteiger partial charge in [0.25, 0.3) is 0 Å². The van der Waals surface area contributed by atoms with E-state index in [1.165, 1.54) is 56.3 Å². The summed E-state index contributed by atoms with van der Waals surface area (Å²) in [5.41, 5.74) is 4.09. The first kappa shape index (κ1) is 49.5. The van der Waals surface area contributed by atoms with Gasteiger partial charge in [-0.1, -0.05) is 76.2 Å². The van der Waals surface area contributed by atoms with E-state index < -0.39 is 0 Å². The van der Waals surface area contributed by atoms with Gasteiger partial charge < -0.3 is 34.8 Å². The highest BCUT2D eigenvalue weighted by molar-refractivity contribution is 5.74. The first-order chi connectivity index (χ1) is 29.9. The van der Waals surface area contributed by atoms with E-state index in [1.807, 2.05) is 65.6 Å². The molecule has 10 nitrogen and oxygen atoms in total. The van der Waals surface area contributed by atoms with Crippen LogP contribution in [0.1, 0.15) is 75.6 Å². The summed E-state index contributed by atoms with van der Waals surface area (Å²) in [5, 5.41) is 6.60. The molecule has 0 spiro atoms. The van der Waals surface area contributed by atoms with Gasteiger partial charge in [0, 0.05) is 31.7 Å². The van der Waals surface area contributed by atoms with Crippen molar-refractivity contribution >= 4 is 12.1 Å². The Balaban J connectivity index is 0.000000228. The number of carbonyl (C=O) groups is 1. The predicted molar refractivity (Wildman–Crippen MR) is 244 cm³/mol. The highest BCUT2D eigenvalue weighted by Gasteiger charge is 2.27. The number of hydrogen-bond acceptors (Lipinski definition) is 8. The number of rotatable bonds is 16. The summed E-state index contributed by atoms with van der Waals surface area (Å²) >= 11 is 0. The molecule has 0 radical (unpaired) electrons. The van der Waals surface area contributed by atoms with Crippen LogP contribution in [0.25, 0.3) is 0 Å². The third-order valence-corrected chi connectivity index (χ3v) is 10.7. The molecule has 12 heteroatoms. The molecule has 4 aromatic carbocycles. The summed E-state index contributed by atoms with van der Waals surface area (Å²) in [7, 11) is 4.27. The van der Waals surface area contributed by atoms with Gasteiger partial charge in [0.05, 0.1) is 19.8 Å². The van der Waals surface area contributed by atoms with Crippen LogP contribution >= 0.6 is 0 Å². The lowest BCUT2D eigenvalue weighted by molar-refractivity contribution is 0.127. The molecule has 0 aliphatic carbocycles. The molecule has 2 aliphatic heterocycles. The van der Waals surface area contributed by atoms with Crippen molar-refractivity contribution in [2.24, 2.45) is 16.8 Å². The molecule has 2 saturated heterocycles. The molecule has 0 atom stereocenters. The van der Waals surface area contributed by atoms with Gasteiger partial charge in [0.2, 0.25) is 6.08 Å². The quantitative estimate of drug-likeness (QED) is 0.0857. The molecule has 0 saturated carbocycles. The van der Waals surface area contributed by atoms with Crippen LogP contribution in [-0.2, 0) is 31.0 Å². The Bertz CT molecular complexity index is 1890. The molecule has 0 unspecified atom stereocenters. The topological polar surface area (TPSA) is 98.7 Å². The van der Waals surface area contributed by atoms with Crippen LogP contribution in [0.3, 0.4) is 0 Å². The molecule has 62 heavy (non-hydrogen) atoms. The Morgan fingerprint density at radius 2 is 1.11 bits per heavy atom. The molecule has 2 N–H and O–H groups in total. The van der Waals surface area contributed by atoms with Gasteiger partial charge >= 0.3 is 6.03 Å². The first-order valence-electron chi connectivity index (χ1n) is 22.0. The van der Waals surface area contributed by atoms with Gasteiger partial charge in [-0.05, 0) is 149 Å². The SMILES string of the molecule is CC(C)COc1ccc(CN=C=O)cc1.CC(C)COc1ccc(CNC(=O)N(Cc2ccc(F)cc2)C2CCN(C)CC2)cc1.CN1CCC(NCc2ccc(F)cc2)CC1. The number of halogens is 2. The number of nitrogens with zero attached hydrogens (tertiary/aromatic N) is 4. The first-order valence-corrected chi connectivity index (χ1v) is 22.0. The summed E-state index contributed by atoms with van der Waals surface area (Å²) < 4.78 is 37.2. The van der Waals surface area contributed by atoms with E-state index in [4.69, 9.17) is 9.47 Å². The number of piperidine rings is 2. The lowest BCUT2D eigenvalue weighted by Crippen LogP contribution is -2.49. The zero-order chi connectivity index (χ0) is 44.7. The molecule has 0 aromatic heterocycles. The van der Waals surface area contributed by atoms with E-state index in [-0.39, 0.29) is 23.7 Å². The molecule has 6 rings (SSSR count). The fourth-order valence-electron chi connectivity index (χ4n) is 6.86. The van der Waals surface area contributed by atoms with Crippen molar-refractivity contribution in [1.82, 2.24) is 25.3 Å². The van der Waals surface area contributed by atoms with Crippen LogP contribution in [0.4, 0.5) is 13.6 Å². The lowest BCUT2D eigenvalue weighted by atomic mass is 10.0. The van der Waals surface area contributed by atoms with Gasteiger partial charge in [-0.3, -0.25) is 0 Å². The molecule has 0 bridgehead atoms. The zero-order valence-corrected chi connectivity index (χ0v) is 37.6. The van der Waals surface area contributed by atoms with Gasteiger partial charge in [0.15, 0.2) is 0 Å². The Morgan fingerprint density at radius 3 is 1.60 bits per heavy atom. The average Bonchev–Trinajstić information content (AvgIpc) is 3.27. The molecule has 2 fully saturated rings. The summed E-state index contributed by atoms with van der Waals surface area (Å²) in [6, 6.07) is 29.2. The van der Waals surface area contributed by atoms with E-state index in [9.17, 15) is 18.4 Å². The highest BCUT2D eigenvalue weighted by atomic mass is 19.1. The number of hydrogen-bond donors (Lipinski definition) is 2. The Kier molecular flexibility index (Phi) is 21.6. The Labute approximate surface area is 368 Å². The summed E-state index contributed by atoms with van der Waals surface area (Å²) in [5.74, 6) is 2.26. The largest absolute Gasteiger partial charge is 0.493 e. The van der Waals surface area contributed by atoms with Crippen LogP contribution in [-0.4, -0.2) is 92.4 Å². The van der Waals surface area contributed by atoms with Gasteiger partial charge in [0.1, 0.15) is 23.1 Å². The van der Waals surface area contributed by atoms with E-state index in [2.05, 4.69) is 67.2 Å². The van der Waals surface area contributed by atoms with Crippen LogP contribution in [0.5, 0.6) is 11.5 Å². The monoisotopic (exact) mass is 855 g/mol. The lowest BCUT2D eigenvalue weighted by Gasteiger charge is -2.37.